The highest BCUT2D eigenvalue weighted by Crippen LogP contribution is 2.11. The number of ether oxygens (including phenoxy) is 1. The minimum atomic E-state index is 0.222. The number of unbranched alkanes of at least 4 members (excludes halogenated alkanes) is 5. The standard InChI is InChI=1S/C26H31BO/c1-2-3-4-5-6-13-21-28-26-20-14-19-25(22-26)27(23-15-9-7-10-16-23)24-17-11-8-12-18-24/h7-12,14-20,22H,2-6,13,21H2,1H3. The Morgan fingerprint density at radius 2 is 1.18 bits per heavy atom. The minimum Gasteiger partial charge on any atom is -0.494 e. The Balaban J connectivity index is 1.69. The van der Waals surface area contributed by atoms with Gasteiger partial charge in [0.15, 0.2) is 0 Å². The van der Waals surface area contributed by atoms with E-state index in [1.807, 2.05) is 0 Å². The highest BCUT2D eigenvalue weighted by Gasteiger charge is 2.21. The Morgan fingerprint density at radius 1 is 0.607 bits per heavy atom. The summed E-state index contributed by atoms with van der Waals surface area (Å²) in [6.45, 7) is 3.28. The quantitative estimate of drug-likeness (QED) is 0.343. The molecule has 0 saturated carbocycles. The highest BCUT2D eigenvalue weighted by atomic mass is 16.5. The van der Waals surface area contributed by atoms with E-state index in [-0.39, 0.29) is 6.71 Å². The van der Waals surface area contributed by atoms with Gasteiger partial charge in [0.2, 0.25) is 6.71 Å². The molecule has 0 amide bonds. The van der Waals surface area contributed by atoms with Crippen LogP contribution in [0.5, 0.6) is 5.75 Å². The van der Waals surface area contributed by atoms with Crippen molar-refractivity contribution in [1.82, 2.24) is 0 Å². The molecule has 0 aliphatic rings. The fourth-order valence-corrected chi connectivity index (χ4v) is 3.72. The zero-order valence-corrected chi connectivity index (χ0v) is 17.0. The fourth-order valence-electron chi connectivity index (χ4n) is 3.72. The first-order valence-electron chi connectivity index (χ1n) is 10.7. The molecule has 0 radical (unpaired) electrons. The zero-order chi connectivity index (χ0) is 19.4. The van der Waals surface area contributed by atoms with Gasteiger partial charge in [0.1, 0.15) is 5.75 Å². The van der Waals surface area contributed by atoms with E-state index >= 15 is 0 Å². The fraction of sp³-hybridized carbons (Fsp3) is 0.308. The summed E-state index contributed by atoms with van der Waals surface area (Å²) in [4.78, 5) is 0. The van der Waals surface area contributed by atoms with Gasteiger partial charge >= 0.3 is 0 Å². The first kappa shape index (κ1) is 20.3. The maximum absolute atomic E-state index is 6.08. The molecule has 0 aliphatic heterocycles. The number of rotatable bonds is 11. The maximum atomic E-state index is 6.08. The topological polar surface area (TPSA) is 9.23 Å². The molecule has 0 N–H and O–H groups in total. The molecule has 0 aliphatic carbocycles. The van der Waals surface area contributed by atoms with E-state index in [2.05, 4.69) is 91.9 Å². The average Bonchev–Trinajstić information content (AvgIpc) is 2.75. The van der Waals surface area contributed by atoms with Gasteiger partial charge in [-0.05, 0) is 18.6 Å². The lowest BCUT2D eigenvalue weighted by atomic mass is 9.37. The number of benzene rings is 3. The number of hydrogen-bond donors (Lipinski definition) is 0. The van der Waals surface area contributed by atoms with E-state index in [0.29, 0.717) is 0 Å². The molecular weight excluding hydrogens is 339 g/mol. The molecule has 28 heavy (non-hydrogen) atoms. The largest absolute Gasteiger partial charge is 0.494 e. The van der Waals surface area contributed by atoms with Crippen LogP contribution in [0.1, 0.15) is 45.4 Å². The van der Waals surface area contributed by atoms with Gasteiger partial charge in [0, 0.05) is 0 Å². The molecule has 0 heterocycles. The van der Waals surface area contributed by atoms with Gasteiger partial charge in [-0.2, -0.15) is 0 Å². The van der Waals surface area contributed by atoms with E-state index in [1.165, 1.54) is 48.5 Å². The molecule has 1 nitrogen and oxygen atoms in total. The molecule has 3 aromatic carbocycles. The normalized spacial score (nSPS) is 10.6. The first-order valence-corrected chi connectivity index (χ1v) is 10.7. The molecule has 0 fully saturated rings. The predicted molar refractivity (Wildman–Crippen MR) is 123 cm³/mol. The van der Waals surface area contributed by atoms with Crippen LogP contribution >= 0.6 is 0 Å². The molecule has 0 bridgehead atoms. The van der Waals surface area contributed by atoms with Crippen molar-refractivity contribution in [2.45, 2.75) is 45.4 Å². The first-order chi connectivity index (χ1) is 13.9. The Bertz CT molecular complexity index is 761. The van der Waals surface area contributed by atoms with E-state index in [0.717, 1.165) is 18.8 Å². The number of hydrogen-bond acceptors (Lipinski definition) is 1. The average molecular weight is 370 g/mol. The van der Waals surface area contributed by atoms with Crippen molar-refractivity contribution in [3.63, 3.8) is 0 Å². The van der Waals surface area contributed by atoms with Crippen LogP contribution in [0.4, 0.5) is 0 Å². The van der Waals surface area contributed by atoms with E-state index in [1.54, 1.807) is 0 Å². The summed E-state index contributed by atoms with van der Waals surface area (Å²) in [5, 5.41) is 0. The van der Waals surface area contributed by atoms with Crippen molar-refractivity contribution < 1.29 is 4.74 Å². The Labute approximate surface area is 170 Å². The molecule has 3 rings (SSSR count). The van der Waals surface area contributed by atoms with Crippen molar-refractivity contribution in [3.05, 3.63) is 84.9 Å². The van der Waals surface area contributed by atoms with Crippen LogP contribution in [-0.2, 0) is 0 Å². The molecule has 0 aromatic heterocycles. The third kappa shape index (κ3) is 6.02. The van der Waals surface area contributed by atoms with Crippen LogP contribution in [0, 0.1) is 0 Å². The van der Waals surface area contributed by atoms with Crippen LogP contribution < -0.4 is 21.1 Å². The van der Waals surface area contributed by atoms with E-state index < -0.39 is 0 Å². The third-order valence-corrected chi connectivity index (χ3v) is 5.22. The van der Waals surface area contributed by atoms with Crippen molar-refractivity contribution >= 4 is 23.1 Å². The summed E-state index contributed by atoms with van der Waals surface area (Å²) < 4.78 is 6.08. The van der Waals surface area contributed by atoms with Gasteiger partial charge in [-0.1, -0.05) is 128 Å². The summed E-state index contributed by atoms with van der Waals surface area (Å²) in [6.07, 6.45) is 7.71. The van der Waals surface area contributed by atoms with Gasteiger partial charge < -0.3 is 4.74 Å². The van der Waals surface area contributed by atoms with Crippen LogP contribution in [0.3, 0.4) is 0 Å². The van der Waals surface area contributed by atoms with Crippen LogP contribution in [0.25, 0.3) is 0 Å². The molecule has 144 valence electrons. The molecule has 0 saturated heterocycles. The minimum absolute atomic E-state index is 0.222. The second-order valence-electron chi connectivity index (χ2n) is 7.44. The van der Waals surface area contributed by atoms with Gasteiger partial charge in [-0.15, -0.1) is 0 Å². The van der Waals surface area contributed by atoms with Gasteiger partial charge in [-0.25, -0.2) is 0 Å². The molecule has 2 heteroatoms. The van der Waals surface area contributed by atoms with Crippen molar-refractivity contribution in [2.75, 3.05) is 6.61 Å². The second-order valence-corrected chi connectivity index (χ2v) is 7.44. The van der Waals surface area contributed by atoms with Gasteiger partial charge in [0.05, 0.1) is 6.61 Å². The lowest BCUT2D eigenvalue weighted by Crippen LogP contribution is -2.51. The summed E-state index contributed by atoms with van der Waals surface area (Å²) in [5.74, 6) is 0.975. The lowest BCUT2D eigenvalue weighted by Gasteiger charge is -2.16. The predicted octanol–water partition coefficient (Wildman–Crippen LogP) is 4.94. The molecule has 3 aromatic rings. The van der Waals surface area contributed by atoms with Crippen LogP contribution in [0.15, 0.2) is 84.9 Å². The van der Waals surface area contributed by atoms with Crippen LogP contribution in [-0.4, -0.2) is 13.3 Å². The van der Waals surface area contributed by atoms with Crippen molar-refractivity contribution in [3.8, 4) is 5.75 Å². The molecular formula is C26H31BO. The monoisotopic (exact) mass is 370 g/mol. The second kappa shape index (κ2) is 11.4. The molecule has 0 atom stereocenters. The lowest BCUT2D eigenvalue weighted by molar-refractivity contribution is 0.304. The summed E-state index contributed by atoms with van der Waals surface area (Å²) in [5.41, 5.74) is 3.89. The maximum Gasteiger partial charge on any atom is 0.241 e. The van der Waals surface area contributed by atoms with E-state index in [4.69, 9.17) is 4.74 Å². The van der Waals surface area contributed by atoms with Gasteiger partial charge in [0.25, 0.3) is 0 Å². The molecule has 0 spiro atoms. The van der Waals surface area contributed by atoms with E-state index in [9.17, 15) is 0 Å². The van der Waals surface area contributed by atoms with Crippen LogP contribution in [0.2, 0.25) is 0 Å². The Hall–Kier alpha value is -2.48. The smallest absolute Gasteiger partial charge is 0.241 e. The molecule has 0 unspecified atom stereocenters. The van der Waals surface area contributed by atoms with Crippen molar-refractivity contribution in [2.24, 2.45) is 0 Å². The van der Waals surface area contributed by atoms with Crippen molar-refractivity contribution in [1.29, 1.82) is 0 Å². The Kier molecular flexibility index (Phi) is 8.24. The third-order valence-electron chi connectivity index (χ3n) is 5.22. The summed E-state index contributed by atoms with van der Waals surface area (Å²) in [6, 6.07) is 30.1. The summed E-state index contributed by atoms with van der Waals surface area (Å²) in [7, 11) is 0. The highest BCUT2D eigenvalue weighted by molar-refractivity contribution is 6.95. The summed E-state index contributed by atoms with van der Waals surface area (Å²) >= 11 is 0. The Morgan fingerprint density at radius 3 is 1.82 bits per heavy atom. The zero-order valence-electron chi connectivity index (χ0n) is 17.0. The van der Waals surface area contributed by atoms with Gasteiger partial charge in [-0.3, -0.25) is 0 Å². The SMILES string of the molecule is CCCCCCCCOc1cccc(B(c2ccccc2)c2ccccc2)c1.